The number of hydrogen-bond acceptors (Lipinski definition) is 4. The fraction of sp³-hybridized carbons (Fsp3) is 0.273. The molecule has 0 amide bonds. The number of hydrogen-bond donors (Lipinski definition) is 1. The van der Waals surface area contributed by atoms with Crippen LogP contribution in [0, 0.1) is 19.7 Å². The minimum absolute atomic E-state index is 0. The van der Waals surface area contributed by atoms with Crippen molar-refractivity contribution in [1.29, 1.82) is 0 Å². The van der Waals surface area contributed by atoms with Gasteiger partial charge in [-0.3, -0.25) is 0 Å². The summed E-state index contributed by atoms with van der Waals surface area (Å²) < 4.78 is 13.6. The first-order valence-corrected chi connectivity index (χ1v) is 9.73. The smallest absolute Gasteiger partial charge is 0.229 e. The second-order valence-corrected chi connectivity index (χ2v) is 7.61. The van der Waals surface area contributed by atoms with Crippen molar-refractivity contribution >= 4 is 41.5 Å². The van der Waals surface area contributed by atoms with Crippen LogP contribution in [0.1, 0.15) is 35.3 Å². The van der Waals surface area contributed by atoms with Crippen molar-refractivity contribution in [2.75, 3.05) is 16.8 Å². The fourth-order valence-electron chi connectivity index (χ4n) is 3.70. The summed E-state index contributed by atoms with van der Waals surface area (Å²) in [7, 11) is 0. The van der Waals surface area contributed by atoms with Crippen LogP contribution < -0.4 is 10.2 Å². The SMILES string of the molecule is Cc1nc(Nc2ccc(Cl)cc2)nc(N2CCc3cc(F)ccc3C2C)c1C.Cl. The Balaban J connectivity index is 0.00000240. The molecule has 2 aromatic carbocycles. The molecule has 29 heavy (non-hydrogen) atoms. The number of nitrogens with zero attached hydrogens (tertiary/aromatic N) is 3. The maximum absolute atomic E-state index is 13.6. The Kier molecular flexibility index (Phi) is 6.30. The molecule has 0 saturated carbocycles. The first-order chi connectivity index (χ1) is 13.4. The van der Waals surface area contributed by atoms with Crippen molar-refractivity contribution in [2.24, 2.45) is 0 Å². The van der Waals surface area contributed by atoms with Crippen LogP contribution in [0.4, 0.5) is 21.8 Å². The molecule has 1 aliphatic rings. The normalized spacial score (nSPS) is 15.5. The molecule has 0 fully saturated rings. The molecule has 1 N–H and O–H groups in total. The Morgan fingerprint density at radius 2 is 1.83 bits per heavy atom. The number of aryl methyl sites for hydroxylation is 1. The van der Waals surface area contributed by atoms with Crippen molar-refractivity contribution in [3.63, 3.8) is 0 Å². The third-order valence-electron chi connectivity index (χ3n) is 5.38. The summed E-state index contributed by atoms with van der Waals surface area (Å²) in [5.41, 5.74) is 5.09. The zero-order valence-electron chi connectivity index (χ0n) is 16.5. The minimum Gasteiger partial charge on any atom is -0.349 e. The van der Waals surface area contributed by atoms with Crippen LogP contribution in [0.2, 0.25) is 5.02 Å². The molecule has 0 radical (unpaired) electrons. The molecule has 0 saturated heterocycles. The quantitative estimate of drug-likeness (QED) is 0.536. The fourth-order valence-corrected chi connectivity index (χ4v) is 3.83. The van der Waals surface area contributed by atoms with Crippen molar-refractivity contribution in [1.82, 2.24) is 9.97 Å². The molecular weight excluding hydrogens is 410 g/mol. The molecule has 1 aliphatic heterocycles. The number of nitrogens with one attached hydrogen (secondary N) is 1. The van der Waals surface area contributed by atoms with E-state index in [1.54, 1.807) is 6.07 Å². The van der Waals surface area contributed by atoms with Gasteiger partial charge in [-0.1, -0.05) is 17.7 Å². The van der Waals surface area contributed by atoms with E-state index < -0.39 is 0 Å². The maximum Gasteiger partial charge on any atom is 0.229 e. The highest BCUT2D eigenvalue weighted by molar-refractivity contribution is 6.30. The van der Waals surface area contributed by atoms with Crippen LogP contribution in [0.5, 0.6) is 0 Å². The third kappa shape index (κ3) is 4.31. The summed E-state index contributed by atoms with van der Waals surface area (Å²) in [6.45, 7) is 6.96. The number of aromatic nitrogens is 2. The van der Waals surface area contributed by atoms with Gasteiger partial charge in [0.15, 0.2) is 0 Å². The molecule has 152 valence electrons. The van der Waals surface area contributed by atoms with Gasteiger partial charge < -0.3 is 10.2 Å². The van der Waals surface area contributed by atoms with Crippen molar-refractivity contribution in [3.05, 3.63) is 75.7 Å². The lowest BCUT2D eigenvalue weighted by atomic mass is 9.93. The molecule has 4 rings (SSSR count). The van der Waals surface area contributed by atoms with E-state index in [9.17, 15) is 4.39 Å². The average Bonchev–Trinajstić information content (AvgIpc) is 2.67. The third-order valence-corrected chi connectivity index (χ3v) is 5.63. The predicted octanol–water partition coefficient (Wildman–Crippen LogP) is 6.18. The number of fused-ring (bicyclic) bond motifs is 1. The van der Waals surface area contributed by atoms with E-state index >= 15 is 0 Å². The molecule has 0 spiro atoms. The van der Waals surface area contributed by atoms with E-state index in [2.05, 4.69) is 22.1 Å². The van der Waals surface area contributed by atoms with Crippen LogP contribution in [0.15, 0.2) is 42.5 Å². The number of halogens is 3. The van der Waals surface area contributed by atoms with Gasteiger partial charge >= 0.3 is 0 Å². The highest BCUT2D eigenvalue weighted by atomic mass is 35.5. The standard InChI is InChI=1S/C22H22ClFN4.ClH/c1-13-14(2)25-22(26-19-7-4-17(23)5-8-19)27-21(13)28-11-10-16-12-18(24)6-9-20(16)15(28)3;/h4-9,12,15H,10-11H2,1-3H3,(H,25,26,27);1H. The van der Waals surface area contributed by atoms with Crippen LogP contribution in [-0.4, -0.2) is 16.5 Å². The number of rotatable bonds is 3. The van der Waals surface area contributed by atoms with E-state index in [1.807, 2.05) is 44.2 Å². The molecule has 7 heteroatoms. The van der Waals surface area contributed by atoms with E-state index in [-0.39, 0.29) is 24.3 Å². The number of benzene rings is 2. The minimum atomic E-state index is -0.178. The Morgan fingerprint density at radius 3 is 2.55 bits per heavy atom. The lowest BCUT2D eigenvalue weighted by Crippen LogP contribution is -2.35. The van der Waals surface area contributed by atoms with Crippen LogP contribution in [0.3, 0.4) is 0 Å². The highest BCUT2D eigenvalue weighted by Gasteiger charge is 2.27. The summed E-state index contributed by atoms with van der Waals surface area (Å²) >= 11 is 5.97. The lowest BCUT2D eigenvalue weighted by Gasteiger charge is -2.37. The summed E-state index contributed by atoms with van der Waals surface area (Å²) in [5.74, 6) is 1.28. The van der Waals surface area contributed by atoms with Gasteiger partial charge in [-0.05, 0) is 74.7 Å². The van der Waals surface area contributed by atoms with E-state index in [4.69, 9.17) is 16.6 Å². The number of anilines is 3. The second-order valence-electron chi connectivity index (χ2n) is 7.18. The van der Waals surface area contributed by atoms with Crippen LogP contribution >= 0.6 is 24.0 Å². The summed E-state index contributed by atoms with van der Waals surface area (Å²) in [6.07, 6.45) is 0.792. The van der Waals surface area contributed by atoms with Gasteiger partial charge in [0.1, 0.15) is 11.6 Å². The van der Waals surface area contributed by atoms with Crippen molar-refractivity contribution in [3.8, 4) is 0 Å². The van der Waals surface area contributed by atoms with Crippen molar-refractivity contribution < 1.29 is 4.39 Å². The molecule has 1 aromatic heterocycles. The molecule has 1 atom stereocenters. The molecule has 0 bridgehead atoms. The molecular formula is C22H23Cl2FN4. The van der Waals surface area contributed by atoms with E-state index in [0.29, 0.717) is 11.0 Å². The molecule has 3 aromatic rings. The Labute approximate surface area is 181 Å². The predicted molar refractivity (Wildman–Crippen MR) is 119 cm³/mol. The monoisotopic (exact) mass is 432 g/mol. The first-order valence-electron chi connectivity index (χ1n) is 9.35. The second kappa shape index (κ2) is 8.56. The molecule has 2 heterocycles. The van der Waals surface area contributed by atoms with Crippen LogP contribution in [-0.2, 0) is 6.42 Å². The lowest BCUT2D eigenvalue weighted by molar-refractivity contribution is 0.593. The highest BCUT2D eigenvalue weighted by Crippen LogP contribution is 2.35. The van der Waals surface area contributed by atoms with Crippen molar-refractivity contribution in [2.45, 2.75) is 33.2 Å². The Morgan fingerprint density at radius 1 is 1.10 bits per heavy atom. The Bertz CT molecular complexity index is 1020. The maximum atomic E-state index is 13.6. The molecule has 1 unspecified atom stereocenters. The van der Waals surface area contributed by atoms with E-state index in [1.165, 1.54) is 6.07 Å². The summed E-state index contributed by atoms with van der Waals surface area (Å²) in [5, 5.41) is 3.95. The van der Waals surface area contributed by atoms with Gasteiger partial charge in [-0.2, -0.15) is 4.98 Å². The summed E-state index contributed by atoms with van der Waals surface area (Å²) in [6, 6.07) is 12.6. The van der Waals surface area contributed by atoms with Gasteiger partial charge in [0, 0.05) is 28.5 Å². The molecule has 0 aliphatic carbocycles. The van der Waals surface area contributed by atoms with Crippen LogP contribution in [0.25, 0.3) is 0 Å². The first kappa shape index (κ1) is 21.3. The van der Waals surface area contributed by atoms with E-state index in [0.717, 1.165) is 46.9 Å². The van der Waals surface area contributed by atoms with Gasteiger partial charge in [-0.15, -0.1) is 12.4 Å². The van der Waals surface area contributed by atoms with Gasteiger partial charge in [0.05, 0.1) is 6.04 Å². The zero-order chi connectivity index (χ0) is 19.8. The van der Waals surface area contributed by atoms with Gasteiger partial charge in [-0.25, -0.2) is 9.37 Å². The van der Waals surface area contributed by atoms with Gasteiger partial charge in [0.2, 0.25) is 5.95 Å². The average molecular weight is 433 g/mol. The molecule has 4 nitrogen and oxygen atoms in total. The topological polar surface area (TPSA) is 41.1 Å². The largest absolute Gasteiger partial charge is 0.349 e. The Hall–Kier alpha value is -2.37. The summed E-state index contributed by atoms with van der Waals surface area (Å²) in [4.78, 5) is 11.7. The zero-order valence-corrected chi connectivity index (χ0v) is 18.1. The van der Waals surface area contributed by atoms with Gasteiger partial charge in [0.25, 0.3) is 0 Å².